The topological polar surface area (TPSA) is 220 Å². The van der Waals surface area contributed by atoms with E-state index in [2.05, 4.69) is 16.0 Å². The molecule has 4 amide bonds. The number of nitrogens with two attached hydrogens (primary N) is 3. The van der Waals surface area contributed by atoms with Crippen molar-refractivity contribution in [1.29, 1.82) is 0 Å². The van der Waals surface area contributed by atoms with Gasteiger partial charge in [0.15, 0.2) is 0 Å². The van der Waals surface area contributed by atoms with Crippen LogP contribution >= 0.6 is 0 Å². The minimum absolute atomic E-state index is 0.0805. The van der Waals surface area contributed by atoms with Crippen LogP contribution < -0.4 is 33.2 Å². The number of hydrogen-bond donors (Lipinski definition) is 7. The molecule has 0 saturated heterocycles. The van der Waals surface area contributed by atoms with Gasteiger partial charge in [-0.05, 0) is 45.1 Å². The van der Waals surface area contributed by atoms with Crippen molar-refractivity contribution in [3.8, 4) is 0 Å². The summed E-state index contributed by atoms with van der Waals surface area (Å²) in [7, 11) is 0. The Morgan fingerprint density at radius 3 is 1.90 bits per heavy atom. The summed E-state index contributed by atoms with van der Waals surface area (Å²) >= 11 is 0. The highest BCUT2D eigenvalue weighted by molar-refractivity contribution is 5.94. The summed E-state index contributed by atoms with van der Waals surface area (Å²) in [6.45, 7) is 5.26. The van der Waals surface area contributed by atoms with Gasteiger partial charge in [0.05, 0.1) is 6.04 Å². The van der Waals surface area contributed by atoms with Crippen molar-refractivity contribution in [3.05, 3.63) is 0 Å². The highest BCUT2D eigenvalue weighted by Gasteiger charge is 2.29. The molecule has 12 heteroatoms. The molecule has 4 unspecified atom stereocenters. The summed E-state index contributed by atoms with van der Waals surface area (Å²) in [6, 6.07) is -4.21. The molecule has 0 bridgehead atoms. The van der Waals surface area contributed by atoms with Crippen molar-refractivity contribution in [1.82, 2.24) is 16.0 Å². The zero-order chi connectivity index (χ0) is 24.1. The standard InChI is InChI=1S/C19H36N6O6/c1-10(2)15(22)18(29)24-12(7-8-14(21)26)17(28)23-11(3)16(27)25-13(19(30)31)6-4-5-9-20/h10-13,15H,4-9,20,22H2,1-3H3,(H2,21,26)(H,23,28)(H,24,29)(H,25,27)(H,30,31). The molecule has 10 N–H and O–H groups in total. The molecule has 4 atom stereocenters. The minimum Gasteiger partial charge on any atom is -0.480 e. The van der Waals surface area contributed by atoms with Gasteiger partial charge < -0.3 is 38.3 Å². The van der Waals surface area contributed by atoms with Gasteiger partial charge in [-0.3, -0.25) is 19.2 Å². The van der Waals surface area contributed by atoms with Gasteiger partial charge in [0.1, 0.15) is 18.1 Å². The molecule has 0 spiro atoms. The monoisotopic (exact) mass is 444 g/mol. The summed E-state index contributed by atoms with van der Waals surface area (Å²) in [5, 5.41) is 16.5. The van der Waals surface area contributed by atoms with Crippen molar-refractivity contribution >= 4 is 29.6 Å². The molecule has 0 heterocycles. The molecule has 0 rings (SSSR count). The number of primary amides is 1. The Morgan fingerprint density at radius 2 is 1.42 bits per heavy atom. The van der Waals surface area contributed by atoms with E-state index in [0.717, 1.165) is 0 Å². The maximum Gasteiger partial charge on any atom is 0.326 e. The van der Waals surface area contributed by atoms with Gasteiger partial charge in [0, 0.05) is 6.42 Å². The highest BCUT2D eigenvalue weighted by Crippen LogP contribution is 2.04. The summed E-state index contributed by atoms with van der Waals surface area (Å²) < 4.78 is 0. The Hall–Kier alpha value is -2.73. The van der Waals surface area contributed by atoms with E-state index >= 15 is 0 Å². The first-order chi connectivity index (χ1) is 14.4. The third kappa shape index (κ3) is 11.3. The lowest BCUT2D eigenvalue weighted by atomic mass is 10.0. The van der Waals surface area contributed by atoms with Crippen LogP contribution in [0.3, 0.4) is 0 Å². The van der Waals surface area contributed by atoms with Crippen LogP contribution in [0.5, 0.6) is 0 Å². The lowest BCUT2D eigenvalue weighted by molar-refractivity contribution is -0.142. The fourth-order valence-corrected chi connectivity index (χ4v) is 2.55. The molecule has 0 saturated carbocycles. The van der Waals surface area contributed by atoms with Crippen LogP contribution in [-0.2, 0) is 24.0 Å². The molecule has 0 aromatic rings. The normalized spacial score (nSPS) is 14.8. The van der Waals surface area contributed by atoms with E-state index in [0.29, 0.717) is 19.4 Å². The van der Waals surface area contributed by atoms with E-state index in [4.69, 9.17) is 17.2 Å². The fourth-order valence-electron chi connectivity index (χ4n) is 2.55. The van der Waals surface area contributed by atoms with E-state index in [1.165, 1.54) is 6.92 Å². The average Bonchev–Trinajstić information content (AvgIpc) is 2.68. The van der Waals surface area contributed by atoms with Crippen LogP contribution in [0, 0.1) is 5.92 Å². The van der Waals surface area contributed by atoms with Crippen LogP contribution in [0.4, 0.5) is 0 Å². The molecule has 12 nitrogen and oxygen atoms in total. The molecule has 0 aliphatic rings. The average molecular weight is 445 g/mol. The highest BCUT2D eigenvalue weighted by atomic mass is 16.4. The lowest BCUT2D eigenvalue weighted by Gasteiger charge is -2.24. The van der Waals surface area contributed by atoms with Crippen molar-refractivity contribution in [2.24, 2.45) is 23.1 Å². The predicted octanol–water partition coefficient (Wildman–Crippen LogP) is -2.08. The molecular formula is C19H36N6O6. The van der Waals surface area contributed by atoms with Gasteiger partial charge in [-0.1, -0.05) is 13.8 Å². The predicted molar refractivity (Wildman–Crippen MR) is 113 cm³/mol. The number of carboxylic acids is 1. The smallest absolute Gasteiger partial charge is 0.326 e. The summed E-state index contributed by atoms with van der Waals surface area (Å²) in [5.41, 5.74) is 16.3. The number of unbranched alkanes of at least 4 members (excludes halogenated alkanes) is 1. The van der Waals surface area contributed by atoms with Gasteiger partial charge in [-0.15, -0.1) is 0 Å². The van der Waals surface area contributed by atoms with Crippen LogP contribution in [0.15, 0.2) is 0 Å². The Bertz CT molecular complexity index is 641. The van der Waals surface area contributed by atoms with Crippen LogP contribution in [0.1, 0.15) is 52.9 Å². The van der Waals surface area contributed by atoms with E-state index in [1.54, 1.807) is 13.8 Å². The van der Waals surface area contributed by atoms with Crippen molar-refractivity contribution in [2.45, 2.75) is 77.0 Å². The molecular weight excluding hydrogens is 408 g/mol. The van der Waals surface area contributed by atoms with Gasteiger partial charge in [-0.25, -0.2) is 4.79 Å². The van der Waals surface area contributed by atoms with E-state index in [1.807, 2.05) is 0 Å². The third-order valence-corrected chi connectivity index (χ3v) is 4.65. The van der Waals surface area contributed by atoms with Gasteiger partial charge in [-0.2, -0.15) is 0 Å². The van der Waals surface area contributed by atoms with E-state index in [-0.39, 0.29) is 25.2 Å². The van der Waals surface area contributed by atoms with E-state index in [9.17, 15) is 29.1 Å². The summed E-state index contributed by atoms with van der Waals surface area (Å²) in [4.78, 5) is 59.6. The molecule has 178 valence electrons. The lowest BCUT2D eigenvalue weighted by Crippen LogP contribution is -2.56. The SMILES string of the molecule is CC(NC(=O)C(CCC(N)=O)NC(=O)C(N)C(C)C)C(=O)NC(CCCCN)C(=O)O. The largest absolute Gasteiger partial charge is 0.480 e. The van der Waals surface area contributed by atoms with Gasteiger partial charge >= 0.3 is 5.97 Å². The zero-order valence-corrected chi connectivity index (χ0v) is 18.3. The number of amides is 4. The number of carboxylic acid groups (broad SMARTS) is 1. The first-order valence-corrected chi connectivity index (χ1v) is 10.3. The molecule has 0 radical (unpaired) electrons. The van der Waals surface area contributed by atoms with Crippen molar-refractivity contribution in [2.75, 3.05) is 6.54 Å². The number of hydrogen-bond acceptors (Lipinski definition) is 7. The Kier molecular flexibility index (Phi) is 13.0. The molecule has 0 aromatic carbocycles. The number of rotatable bonds is 15. The van der Waals surface area contributed by atoms with Crippen molar-refractivity contribution < 1.29 is 29.1 Å². The van der Waals surface area contributed by atoms with Gasteiger partial charge in [0.2, 0.25) is 23.6 Å². The fraction of sp³-hybridized carbons (Fsp3) is 0.737. The summed E-state index contributed by atoms with van der Waals surface area (Å²) in [5.74, 6) is -4.04. The number of nitrogens with one attached hydrogen (secondary N) is 3. The van der Waals surface area contributed by atoms with Crippen LogP contribution in [0.25, 0.3) is 0 Å². The second kappa shape index (κ2) is 14.3. The second-order valence-corrected chi connectivity index (χ2v) is 7.75. The first kappa shape index (κ1) is 28.3. The number of aliphatic carboxylic acids is 1. The Labute approximate surface area is 182 Å². The van der Waals surface area contributed by atoms with Crippen molar-refractivity contribution in [3.63, 3.8) is 0 Å². The minimum atomic E-state index is -1.20. The Morgan fingerprint density at radius 1 is 0.839 bits per heavy atom. The molecule has 0 fully saturated rings. The summed E-state index contributed by atoms with van der Waals surface area (Å²) in [6.07, 6.45) is 1.09. The zero-order valence-electron chi connectivity index (χ0n) is 18.3. The molecule has 0 aliphatic heterocycles. The molecule has 31 heavy (non-hydrogen) atoms. The number of carbonyl (C=O) groups is 5. The van der Waals surface area contributed by atoms with Crippen LogP contribution in [-0.4, -0.2) is 65.4 Å². The van der Waals surface area contributed by atoms with Gasteiger partial charge in [0.25, 0.3) is 0 Å². The maximum absolute atomic E-state index is 12.6. The number of carbonyl (C=O) groups excluding carboxylic acids is 4. The van der Waals surface area contributed by atoms with E-state index < -0.39 is 53.8 Å². The molecule has 0 aromatic heterocycles. The maximum atomic E-state index is 12.6. The van der Waals surface area contributed by atoms with Crippen LogP contribution in [0.2, 0.25) is 0 Å². The first-order valence-electron chi connectivity index (χ1n) is 10.3. The quantitative estimate of drug-likeness (QED) is 0.139. The third-order valence-electron chi connectivity index (χ3n) is 4.65. The molecule has 0 aliphatic carbocycles. The Balaban J connectivity index is 5.06. The second-order valence-electron chi connectivity index (χ2n) is 7.75.